The Morgan fingerprint density at radius 2 is 1.93 bits per heavy atom. The van der Waals surface area contributed by atoms with Crippen LogP contribution in [-0.2, 0) is 6.54 Å². The molecule has 2 heterocycles. The molecule has 4 aromatic rings. The maximum atomic E-state index is 12.7. The van der Waals surface area contributed by atoms with Gasteiger partial charge in [-0.3, -0.25) is 4.79 Å². The number of fused-ring (bicyclic) bond motifs is 1. The molecule has 0 saturated heterocycles. The van der Waals surface area contributed by atoms with Gasteiger partial charge < -0.3 is 9.84 Å². The molecule has 1 fully saturated rings. The van der Waals surface area contributed by atoms with Crippen molar-refractivity contribution >= 4 is 16.8 Å². The highest BCUT2D eigenvalue weighted by Crippen LogP contribution is 2.38. The van der Waals surface area contributed by atoms with Gasteiger partial charge in [0.05, 0.1) is 17.6 Å². The van der Waals surface area contributed by atoms with E-state index in [1.165, 1.54) is 12.8 Å². The zero-order valence-electron chi connectivity index (χ0n) is 15.1. The molecular formula is C22H18N4O2. The van der Waals surface area contributed by atoms with Crippen molar-refractivity contribution in [2.45, 2.75) is 25.3 Å². The molecule has 138 valence electrons. The predicted molar refractivity (Wildman–Crippen MR) is 105 cm³/mol. The van der Waals surface area contributed by atoms with Gasteiger partial charge >= 0.3 is 0 Å². The molecule has 0 spiro atoms. The Morgan fingerprint density at radius 1 is 1.07 bits per heavy atom. The average molecular weight is 370 g/mol. The van der Waals surface area contributed by atoms with E-state index in [1.807, 2.05) is 42.5 Å². The first-order valence-electron chi connectivity index (χ1n) is 9.32. The molecule has 5 rings (SSSR count). The summed E-state index contributed by atoms with van der Waals surface area (Å²) in [6.07, 6.45) is 3.95. The molecular weight excluding hydrogens is 352 g/mol. The van der Waals surface area contributed by atoms with Gasteiger partial charge in [-0.1, -0.05) is 35.5 Å². The van der Waals surface area contributed by atoms with Crippen molar-refractivity contribution in [1.82, 2.24) is 20.4 Å². The lowest BCUT2D eigenvalue weighted by molar-refractivity contribution is 0.0950. The molecule has 2 aromatic heterocycles. The van der Waals surface area contributed by atoms with E-state index < -0.39 is 0 Å². The van der Waals surface area contributed by atoms with Crippen molar-refractivity contribution < 1.29 is 9.32 Å². The number of nitrogens with one attached hydrogen (secondary N) is 1. The molecule has 6 nitrogen and oxygen atoms in total. The Balaban J connectivity index is 1.36. The first kappa shape index (κ1) is 16.6. The van der Waals surface area contributed by atoms with E-state index >= 15 is 0 Å². The molecule has 1 aliphatic carbocycles. The second kappa shape index (κ2) is 6.88. The quantitative estimate of drug-likeness (QED) is 0.572. The van der Waals surface area contributed by atoms with Crippen molar-refractivity contribution in [3.63, 3.8) is 0 Å². The standard InChI is InChI=1S/C22H18N4O2/c27-22(23-12-17-11-20(14-6-7-14)25-13-24-17)16-8-9-19-18(10-16)21(28-26-19)15-4-2-1-3-5-15/h1-5,8-11,13-14H,6-7,12H2,(H,23,27). The second-order valence-electron chi connectivity index (χ2n) is 7.00. The third-order valence-corrected chi connectivity index (χ3v) is 4.95. The Morgan fingerprint density at radius 3 is 2.75 bits per heavy atom. The van der Waals surface area contributed by atoms with E-state index in [0.29, 0.717) is 23.8 Å². The van der Waals surface area contributed by atoms with Crippen LogP contribution in [0.15, 0.2) is 65.4 Å². The maximum absolute atomic E-state index is 12.7. The molecule has 0 bridgehead atoms. The van der Waals surface area contributed by atoms with E-state index in [2.05, 4.69) is 20.4 Å². The largest absolute Gasteiger partial charge is 0.355 e. The molecule has 0 radical (unpaired) electrons. The highest BCUT2D eigenvalue weighted by molar-refractivity contribution is 6.00. The van der Waals surface area contributed by atoms with Gasteiger partial charge in [0.2, 0.25) is 0 Å². The summed E-state index contributed by atoms with van der Waals surface area (Å²) in [7, 11) is 0. The van der Waals surface area contributed by atoms with E-state index in [9.17, 15) is 4.79 Å². The van der Waals surface area contributed by atoms with Gasteiger partial charge in [0.25, 0.3) is 5.91 Å². The van der Waals surface area contributed by atoms with Gasteiger partial charge in [0, 0.05) is 22.7 Å². The molecule has 1 aliphatic rings. The number of carbonyl (C=O) groups is 1. The van der Waals surface area contributed by atoms with E-state index in [4.69, 9.17) is 4.52 Å². The monoisotopic (exact) mass is 370 g/mol. The van der Waals surface area contributed by atoms with Gasteiger partial charge in [-0.15, -0.1) is 0 Å². The summed E-state index contributed by atoms with van der Waals surface area (Å²) in [5.41, 5.74) is 4.10. The van der Waals surface area contributed by atoms with Crippen molar-refractivity contribution in [1.29, 1.82) is 0 Å². The summed E-state index contributed by atoms with van der Waals surface area (Å²) < 4.78 is 5.51. The second-order valence-corrected chi connectivity index (χ2v) is 7.00. The normalized spacial score (nSPS) is 13.6. The number of hydrogen-bond donors (Lipinski definition) is 1. The van der Waals surface area contributed by atoms with Gasteiger partial charge in [-0.25, -0.2) is 9.97 Å². The number of amides is 1. The van der Waals surface area contributed by atoms with Crippen molar-refractivity contribution in [3.8, 4) is 11.3 Å². The van der Waals surface area contributed by atoms with Gasteiger partial charge in [-0.2, -0.15) is 0 Å². The van der Waals surface area contributed by atoms with Crippen LogP contribution in [0.5, 0.6) is 0 Å². The van der Waals surface area contributed by atoms with Crippen molar-refractivity contribution in [3.05, 3.63) is 77.9 Å². The van der Waals surface area contributed by atoms with Crippen LogP contribution in [0, 0.1) is 0 Å². The minimum atomic E-state index is -0.159. The lowest BCUT2D eigenvalue weighted by Gasteiger charge is -2.06. The van der Waals surface area contributed by atoms with Crippen molar-refractivity contribution in [2.75, 3.05) is 0 Å². The number of carbonyl (C=O) groups excluding carboxylic acids is 1. The highest BCUT2D eigenvalue weighted by Gasteiger charge is 2.25. The van der Waals surface area contributed by atoms with Crippen LogP contribution in [-0.4, -0.2) is 21.0 Å². The molecule has 0 aliphatic heterocycles. The lowest BCUT2D eigenvalue weighted by Crippen LogP contribution is -2.23. The molecule has 0 atom stereocenters. The zero-order valence-corrected chi connectivity index (χ0v) is 15.1. The first-order valence-corrected chi connectivity index (χ1v) is 9.32. The third kappa shape index (κ3) is 3.24. The molecule has 2 aromatic carbocycles. The van der Waals surface area contributed by atoms with Crippen LogP contribution in [0.3, 0.4) is 0 Å². The molecule has 1 N–H and O–H groups in total. The Hall–Kier alpha value is -3.54. The molecule has 1 saturated carbocycles. The Bertz CT molecular complexity index is 1150. The van der Waals surface area contributed by atoms with Crippen LogP contribution >= 0.6 is 0 Å². The number of rotatable bonds is 5. The van der Waals surface area contributed by atoms with Crippen LogP contribution in [0.2, 0.25) is 0 Å². The number of aromatic nitrogens is 3. The van der Waals surface area contributed by atoms with E-state index in [1.54, 1.807) is 18.5 Å². The summed E-state index contributed by atoms with van der Waals surface area (Å²) in [6.45, 7) is 0.369. The Kier molecular flexibility index (Phi) is 4.09. The van der Waals surface area contributed by atoms with E-state index in [-0.39, 0.29) is 5.91 Å². The summed E-state index contributed by atoms with van der Waals surface area (Å²) in [6, 6.07) is 17.1. The van der Waals surface area contributed by atoms with Crippen LogP contribution in [0.25, 0.3) is 22.2 Å². The van der Waals surface area contributed by atoms with Crippen LogP contribution in [0.1, 0.15) is 40.5 Å². The number of benzene rings is 2. The topological polar surface area (TPSA) is 80.9 Å². The average Bonchev–Trinajstić information content (AvgIpc) is 3.52. The molecule has 6 heteroatoms. The predicted octanol–water partition coefficient (Wildman–Crippen LogP) is 4.09. The van der Waals surface area contributed by atoms with Crippen LogP contribution in [0.4, 0.5) is 0 Å². The summed E-state index contributed by atoms with van der Waals surface area (Å²) in [4.78, 5) is 21.2. The summed E-state index contributed by atoms with van der Waals surface area (Å²) >= 11 is 0. The van der Waals surface area contributed by atoms with E-state index in [0.717, 1.165) is 27.9 Å². The Labute approximate surface area is 161 Å². The minimum absolute atomic E-state index is 0.159. The fourth-order valence-electron chi connectivity index (χ4n) is 3.27. The zero-order chi connectivity index (χ0) is 18.9. The SMILES string of the molecule is O=C(NCc1cc(C2CC2)ncn1)c1ccc2noc(-c3ccccc3)c2c1. The summed E-state index contributed by atoms with van der Waals surface area (Å²) in [5.74, 6) is 1.06. The maximum Gasteiger partial charge on any atom is 0.251 e. The summed E-state index contributed by atoms with van der Waals surface area (Å²) in [5, 5.41) is 7.85. The highest BCUT2D eigenvalue weighted by atomic mass is 16.5. The van der Waals surface area contributed by atoms with Gasteiger partial charge in [0.1, 0.15) is 11.8 Å². The molecule has 28 heavy (non-hydrogen) atoms. The van der Waals surface area contributed by atoms with Crippen LogP contribution < -0.4 is 5.32 Å². The molecule has 0 unspecified atom stereocenters. The third-order valence-electron chi connectivity index (χ3n) is 4.95. The van der Waals surface area contributed by atoms with Gasteiger partial charge in [-0.05, 0) is 37.1 Å². The smallest absolute Gasteiger partial charge is 0.251 e. The first-order chi connectivity index (χ1) is 13.8. The number of nitrogens with zero attached hydrogens (tertiary/aromatic N) is 3. The fraction of sp³-hybridized carbons (Fsp3) is 0.182. The lowest BCUT2D eigenvalue weighted by atomic mass is 10.1. The number of hydrogen-bond acceptors (Lipinski definition) is 5. The minimum Gasteiger partial charge on any atom is -0.355 e. The molecule has 1 amide bonds. The fourth-order valence-corrected chi connectivity index (χ4v) is 3.27. The van der Waals surface area contributed by atoms with Gasteiger partial charge in [0.15, 0.2) is 5.76 Å². The van der Waals surface area contributed by atoms with Crippen molar-refractivity contribution in [2.24, 2.45) is 0 Å².